The number of carbonyl (C=O) groups excluding carboxylic acids is 4. The Morgan fingerprint density at radius 3 is 1.83 bits per heavy atom. The molecule has 8 nitrogen and oxygen atoms in total. The van der Waals surface area contributed by atoms with E-state index < -0.39 is 0 Å². The molecule has 0 aliphatic carbocycles. The fourth-order valence-corrected chi connectivity index (χ4v) is 4.01. The fourth-order valence-electron chi connectivity index (χ4n) is 4.01. The van der Waals surface area contributed by atoms with Gasteiger partial charge in [0, 0.05) is 25.4 Å². The first-order chi connectivity index (χ1) is 13.7. The van der Waals surface area contributed by atoms with Crippen LogP contribution >= 0.6 is 0 Å². The van der Waals surface area contributed by atoms with Crippen LogP contribution in [0.4, 0.5) is 0 Å². The number of hydrogen-bond acceptors (Lipinski definition) is 6. The van der Waals surface area contributed by atoms with Crippen LogP contribution in [-0.4, -0.2) is 96.6 Å². The molecule has 2 fully saturated rings. The maximum absolute atomic E-state index is 12.6. The predicted molar refractivity (Wildman–Crippen MR) is 110 cm³/mol. The molecule has 2 aliphatic rings. The number of imide groups is 2. The van der Waals surface area contributed by atoms with E-state index in [0.717, 1.165) is 45.2 Å². The lowest BCUT2D eigenvalue weighted by atomic mass is 10.1. The van der Waals surface area contributed by atoms with Crippen molar-refractivity contribution >= 4 is 23.6 Å². The Kier molecular flexibility index (Phi) is 8.77. The van der Waals surface area contributed by atoms with Crippen molar-refractivity contribution < 1.29 is 19.2 Å². The Labute approximate surface area is 174 Å². The summed E-state index contributed by atoms with van der Waals surface area (Å²) in [4.78, 5) is 55.4. The van der Waals surface area contributed by atoms with Gasteiger partial charge in [-0.15, -0.1) is 0 Å². The molecule has 0 radical (unpaired) electrons. The zero-order valence-corrected chi connectivity index (χ0v) is 18.4. The second kappa shape index (κ2) is 10.8. The van der Waals surface area contributed by atoms with Crippen LogP contribution in [-0.2, 0) is 19.2 Å². The van der Waals surface area contributed by atoms with Gasteiger partial charge in [0.25, 0.3) is 0 Å². The van der Waals surface area contributed by atoms with E-state index >= 15 is 0 Å². The van der Waals surface area contributed by atoms with Crippen LogP contribution in [0.3, 0.4) is 0 Å². The highest BCUT2D eigenvalue weighted by Gasteiger charge is 2.40. The van der Waals surface area contributed by atoms with E-state index in [1.165, 1.54) is 9.80 Å². The lowest BCUT2D eigenvalue weighted by Crippen LogP contribution is -2.41. The minimum atomic E-state index is -0.334. The van der Waals surface area contributed by atoms with E-state index in [1.54, 1.807) is 6.92 Å². The van der Waals surface area contributed by atoms with Crippen LogP contribution < -0.4 is 0 Å². The van der Waals surface area contributed by atoms with Gasteiger partial charge in [-0.3, -0.25) is 33.9 Å². The third-order valence-corrected chi connectivity index (χ3v) is 5.85. The van der Waals surface area contributed by atoms with Gasteiger partial charge in [-0.2, -0.15) is 0 Å². The van der Waals surface area contributed by atoms with E-state index in [-0.39, 0.29) is 42.0 Å². The van der Waals surface area contributed by atoms with Gasteiger partial charge in [0.1, 0.15) is 0 Å². The number of unbranched alkanes of at least 4 members (excludes halogenated alkanes) is 3. The van der Waals surface area contributed by atoms with Crippen molar-refractivity contribution in [2.24, 2.45) is 5.92 Å². The van der Waals surface area contributed by atoms with E-state index in [0.29, 0.717) is 19.5 Å². The molecule has 2 heterocycles. The third-order valence-electron chi connectivity index (χ3n) is 5.85. The molecule has 0 saturated carbocycles. The van der Waals surface area contributed by atoms with Crippen LogP contribution in [0.1, 0.15) is 51.9 Å². The number of likely N-dealkylation sites (N-methyl/N-ethyl adjacent to an activating group) is 1. The minimum Gasteiger partial charge on any atom is -0.309 e. The Balaban J connectivity index is 1.65. The zero-order chi connectivity index (χ0) is 21.6. The molecule has 29 heavy (non-hydrogen) atoms. The average molecular weight is 409 g/mol. The first-order valence-electron chi connectivity index (χ1n) is 10.8. The van der Waals surface area contributed by atoms with Gasteiger partial charge in [-0.1, -0.05) is 19.8 Å². The molecule has 2 saturated heterocycles. The van der Waals surface area contributed by atoms with Gasteiger partial charge < -0.3 is 4.90 Å². The Bertz CT molecular complexity index is 622. The lowest BCUT2D eigenvalue weighted by Gasteiger charge is -2.23. The van der Waals surface area contributed by atoms with Gasteiger partial charge in [0.2, 0.25) is 23.6 Å². The van der Waals surface area contributed by atoms with Crippen molar-refractivity contribution in [2.45, 2.75) is 57.9 Å². The molecular weight excluding hydrogens is 372 g/mol. The van der Waals surface area contributed by atoms with Crippen LogP contribution in [0, 0.1) is 5.92 Å². The molecule has 8 heteroatoms. The number of carbonyl (C=O) groups is 4. The topological polar surface area (TPSA) is 81.2 Å². The van der Waals surface area contributed by atoms with Crippen LogP contribution in [0.15, 0.2) is 0 Å². The smallest absolute Gasteiger partial charge is 0.247 e. The summed E-state index contributed by atoms with van der Waals surface area (Å²) < 4.78 is 0. The van der Waals surface area contributed by atoms with Gasteiger partial charge in [0.15, 0.2) is 0 Å². The van der Waals surface area contributed by atoms with Crippen molar-refractivity contribution in [3.05, 3.63) is 0 Å². The van der Waals surface area contributed by atoms with E-state index in [4.69, 9.17) is 0 Å². The van der Waals surface area contributed by atoms with Gasteiger partial charge >= 0.3 is 0 Å². The fraction of sp³-hybridized carbons (Fsp3) is 0.810. The summed E-state index contributed by atoms with van der Waals surface area (Å²) in [5, 5.41) is 0. The molecule has 0 aromatic rings. The highest BCUT2D eigenvalue weighted by molar-refractivity contribution is 6.05. The molecule has 0 aromatic carbocycles. The number of hydrogen-bond donors (Lipinski definition) is 0. The summed E-state index contributed by atoms with van der Waals surface area (Å²) in [6.45, 7) is 4.47. The van der Waals surface area contributed by atoms with Gasteiger partial charge in [-0.25, -0.2) is 0 Å². The molecule has 2 rings (SSSR count). The minimum absolute atomic E-state index is 0.0657. The number of rotatable bonds is 12. The predicted octanol–water partition coefficient (Wildman–Crippen LogP) is 0.953. The Morgan fingerprint density at radius 1 is 0.759 bits per heavy atom. The molecule has 0 aromatic heterocycles. The van der Waals surface area contributed by atoms with Crippen LogP contribution in [0.2, 0.25) is 0 Å². The maximum Gasteiger partial charge on any atom is 0.247 e. The zero-order valence-electron chi connectivity index (χ0n) is 18.4. The Morgan fingerprint density at radius 2 is 1.31 bits per heavy atom. The average Bonchev–Trinajstić information content (AvgIpc) is 3.07. The second-order valence-corrected chi connectivity index (χ2v) is 8.64. The molecule has 2 atom stereocenters. The van der Waals surface area contributed by atoms with Crippen molar-refractivity contribution in [1.82, 2.24) is 19.6 Å². The van der Waals surface area contributed by atoms with Crippen LogP contribution in [0.25, 0.3) is 0 Å². The normalized spacial score (nSPS) is 22.8. The molecule has 0 bridgehead atoms. The van der Waals surface area contributed by atoms with E-state index in [1.807, 2.05) is 26.0 Å². The monoisotopic (exact) mass is 408 g/mol. The van der Waals surface area contributed by atoms with E-state index in [9.17, 15) is 19.2 Å². The largest absolute Gasteiger partial charge is 0.309 e. The highest BCUT2D eigenvalue weighted by Crippen LogP contribution is 2.21. The molecular formula is C21H36N4O4. The second-order valence-electron chi connectivity index (χ2n) is 8.64. The summed E-state index contributed by atoms with van der Waals surface area (Å²) in [5.41, 5.74) is 0. The number of nitrogens with zero attached hydrogens (tertiary/aromatic N) is 4. The van der Waals surface area contributed by atoms with Gasteiger partial charge in [0.05, 0.1) is 12.5 Å². The summed E-state index contributed by atoms with van der Waals surface area (Å²) in [7, 11) is 5.96. The standard InChI is InChI=1S/C21H36N4O4/c1-16-14-18(26)24(20(16)28)12-7-5-6-8-13-25-19(27)15-17(21(25)29)23(4)11-9-10-22(2)3/h16-17H,5-15H2,1-4H3/t16-,17?/m1/s1. The number of likely N-dealkylation sites (tertiary alicyclic amines) is 2. The maximum atomic E-state index is 12.6. The molecule has 1 unspecified atom stereocenters. The van der Waals surface area contributed by atoms with E-state index in [2.05, 4.69) is 4.90 Å². The first-order valence-corrected chi connectivity index (χ1v) is 10.8. The lowest BCUT2D eigenvalue weighted by molar-refractivity contribution is -0.141. The SMILES string of the molecule is C[C@@H]1CC(=O)N(CCCCCCN2C(=O)CC(N(C)CCCN(C)C)C2=O)C1=O. The number of amides is 4. The van der Waals surface area contributed by atoms with Crippen molar-refractivity contribution in [3.63, 3.8) is 0 Å². The summed E-state index contributed by atoms with van der Waals surface area (Å²) in [6.07, 6.45) is 4.82. The molecule has 0 N–H and O–H groups in total. The molecule has 2 aliphatic heterocycles. The quantitative estimate of drug-likeness (QED) is 0.353. The van der Waals surface area contributed by atoms with Crippen molar-refractivity contribution in [1.29, 1.82) is 0 Å². The van der Waals surface area contributed by atoms with Crippen molar-refractivity contribution in [3.8, 4) is 0 Å². The molecule has 164 valence electrons. The first kappa shape index (κ1) is 23.5. The third kappa shape index (κ3) is 6.34. The summed E-state index contributed by atoms with van der Waals surface area (Å²) in [5.74, 6) is -0.490. The molecule has 4 amide bonds. The molecule has 0 spiro atoms. The van der Waals surface area contributed by atoms with Crippen molar-refractivity contribution in [2.75, 3.05) is 47.3 Å². The summed E-state index contributed by atoms with van der Waals surface area (Å²) >= 11 is 0. The highest BCUT2D eigenvalue weighted by atomic mass is 16.2. The van der Waals surface area contributed by atoms with Gasteiger partial charge in [-0.05, 0) is 53.5 Å². The Hall–Kier alpha value is -1.80. The summed E-state index contributed by atoms with van der Waals surface area (Å²) in [6, 6.07) is -0.334. The van der Waals surface area contributed by atoms with Crippen LogP contribution in [0.5, 0.6) is 0 Å².